The molecule has 1 aromatic carbocycles. The van der Waals surface area contributed by atoms with Crippen molar-refractivity contribution < 1.29 is 14.7 Å². The van der Waals surface area contributed by atoms with Gasteiger partial charge in [-0.1, -0.05) is 37.3 Å². The summed E-state index contributed by atoms with van der Waals surface area (Å²) in [5.74, 6) is -0.614. The van der Waals surface area contributed by atoms with Gasteiger partial charge >= 0.3 is 0 Å². The first-order chi connectivity index (χ1) is 11.1. The van der Waals surface area contributed by atoms with Gasteiger partial charge in [-0.25, -0.2) is 0 Å². The van der Waals surface area contributed by atoms with E-state index >= 15 is 0 Å². The van der Waals surface area contributed by atoms with Crippen molar-refractivity contribution >= 4 is 23.2 Å². The van der Waals surface area contributed by atoms with Crippen LogP contribution in [0.25, 0.3) is 0 Å². The lowest BCUT2D eigenvalue weighted by Crippen LogP contribution is -2.39. The summed E-state index contributed by atoms with van der Waals surface area (Å²) < 4.78 is 0. The fraction of sp³-hybridized carbons (Fsp3) is 0.294. The number of benzene rings is 1. The maximum absolute atomic E-state index is 11.9. The van der Waals surface area contributed by atoms with Gasteiger partial charge in [0.15, 0.2) is 0 Å². The predicted molar refractivity (Wildman–Crippen MR) is 90.4 cm³/mol. The Kier molecular flexibility index (Phi) is 6.31. The van der Waals surface area contributed by atoms with Crippen LogP contribution in [0.4, 0.5) is 0 Å². The zero-order valence-electron chi connectivity index (χ0n) is 12.9. The predicted octanol–water partition coefficient (Wildman–Crippen LogP) is 1.89. The number of nitrogens with one attached hydrogen (secondary N) is 2. The maximum atomic E-state index is 11.9. The molecule has 1 heterocycles. The minimum Gasteiger partial charge on any atom is -0.394 e. The van der Waals surface area contributed by atoms with E-state index in [1.165, 1.54) is 16.9 Å². The molecule has 1 aromatic heterocycles. The van der Waals surface area contributed by atoms with Crippen LogP contribution in [0, 0.1) is 0 Å². The number of aliphatic hydroxyl groups excluding tert-OH is 1. The van der Waals surface area contributed by atoms with Crippen molar-refractivity contribution in [2.24, 2.45) is 0 Å². The van der Waals surface area contributed by atoms with Gasteiger partial charge in [-0.3, -0.25) is 9.59 Å². The lowest BCUT2D eigenvalue weighted by molar-refractivity contribution is -0.121. The molecule has 0 spiro atoms. The van der Waals surface area contributed by atoms with E-state index in [1.807, 2.05) is 24.3 Å². The number of aryl methyl sites for hydroxylation is 1. The molecule has 122 valence electrons. The van der Waals surface area contributed by atoms with E-state index < -0.39 is 6.04 Å². The van der Waals surface area contributed by atoms with Crippen molar-refractivity contribution in [2.75, 3.05) is 13.2 Å². The quantitative estimate of drug-likeness (QED) is 0.724. The SMILES string of the molecule is CCc1ccc(C(CO)NC(=O)CNC(=O)c2cccs2)cc1. The molecule has 0 aliphatic rings. The third-order valence-corrected chi connectivity index (χ3v) is 4.33. The highest BCUT2D eigenvalue weighted by Crippen LogP contribution is 2.14. The van der Waals surface area contributed by atoms with Gasteiger partial charge in [-0.05, 0) is 29.0 Å². The Bertz CT molecular complexity index is 638. The van der Waals surface area contributed by atoms with Crippen molar-refractivity contribution in [1.29, 1.82) is 0 Å². The molecule has 23 heavy (non-hydrogen) atoms. The number of aliphatic hydroxyl groups is 1. The molecule has 3 N–H and O–H groups in total. The second-order valence-corrected chi connectivity index (χ2v) is 6.01. The smallest absolute Gasteiger partial charge is 0.261 e. The molecule has 6 heteroatoms. The standard InChI is InChI=1S/C17H20N2O3S/c1-2-12-5-7-13(8-6-12)14(11-20)19-16(21)10-18-17(22)15-4-3-9-23-15/h3-9,14,20H,2,10-11H2,1H3,(H,18,22)(H,19,21). The summed E-state index contributed by atoms with van der Waals surface area (Å²) in [4.78, 5) is 24.3. The van der Waals surface area contributed by atoms with Crippen LogP contribution in [0.3, 0.4) is 0 Å². The summed E-state index contributed by atoms with van der Waals surface area (Å²) in [6, 6.07) is 10.7. The fourth-order valence-corrected chi connectivity index (χ4v) is 2.76. The number of thiophene rings is 1. The van der Waals surface area contributed by atoms with Crippen LogP contribution in [0.15, 0.2) is 41.8 Å². The highest BCUT2D eigenvalue weighted by atomic mass is 32.1. The molecule has 0 aliphatic heterocycles. The Morgan fingerprint density at radius 2 is 1.96 bits per heavy atom. The molecule has 0 radical (unpaired) electrons. The van der Waals surface area contributed by atoms with Gasteiger partial charge < -0.3 is 15.7 Å². The Hall–Kier alpha value is -2.18. The van der Waals surface area contributed by atoms with E-state index in [-0.39, 0.29) is 25.0 Å². The van der Waals surface area contributed by atoms with Crippen LogP contribution in [0.1, 0.15) is 33.8 Å². The summed E-state index contributed by atoms with van der Waals surface area (Å²) >= 11 is 1.32. The first kappa shape index (κ1) is 17.2. The zero-order chi connectivity index (χ0) is 16.7. The van der Waals surface area contributed by atoms with Gasteiger partial charge in [0.05, 0.1) is 24.1 Å². The summed E-state index contributed by atoms with van der Waals surface area (Å²) in [5, 5.41) is 16.6. The lowest BCUT2D eigenvalue weighted by atomic mass is 10.0. The molecule has 0 aliphatic carbocycles. The normalized spacial score (nSPS) is 11.7. The number of hydrogen-bond donors (Lipinski definition) is 3. The van der Waals surface area contributed by atoms with Crippen molar-refractivity contribution in [2.45, 2.75) is 19.4 Å². The summed E-state index contributed by atoms with van der Waals surface area (Å²) in [7, 11) is 0. The van der Waals surface area contributed by atoms with E-state index in [9.17, 15) is 14.7 Å². The van der Waals surface area contributed by atoms with E-state index in [2.05, 4.69) is 17.6 Å². The van der Waals surface area contributed by atoms with Gasteiger partial charge in [-0.2, -0.15) is 0 Å². The minimum absolute atomic E-state index is 0.125. The second-order valence-electron chi connectivity index (χ2n) is 5.06. The Morgan fingerprint density at radius 1 is 1.22 bits per heavy atom. The van der Waals surface area contributed by atoms with Gasteiger partial charge in [0.2, 0.25) is 5.91 Å². The monoisotopic (exact) mass is 332 g/mol. The molecule has 2 aromatic rings. The summed E-state index contributed by atoms with van der Waals surface area (Å²) in [5.41, 5.74) is 2.03. The van der Waals surface area contributed by atoms with Gasteiger partial charge in [0, 0.05) is 0 Å². The third-order valence-electron chi connectivity index (χ3n) is 3.46. The summed E-state index contributed by atoms with van der Waals surface area (Å²) in [6.45, 7) is 1.74. The average molecular weight is 332 g/mol. The number of amides is 2. The molecule has 0 bridgehead atoms. The lowest BCUT2D eigenvalue weighted by Gasteiger charge is -2.17. The van der Waals surface area contributed by atoms with Gasteiger partial charge in [-0.15, -0.1) is 11.3 Å². The van der Waals surface area contributed by atoms with Crippen LogP contribution in [-0.2, 0) is 11.2 Å². The van der Waals surface area contributed by atoms with Crippen LogP contribution >= 0.6 is 11.3 Å². The minimum atomic E-state index is -0.480. The second kappa shape index (κ2) is 8.45. The summed E-state index contributed by atoms with van der Waals surface area (Å²) in [6.07, 6.45) is 0.936. The first-order valence-electron chi connectivity index (χ1n) is 7.44. The molecule has 1 unspecified atom stereocenters. The average Bonchev–Trinajstić information content (AvgIpc) is 3.12. The number of carbonyl (C=O) groups excluding carboxylic acids is 2. The van der Waals surface area contributed by atoms with Crippen LogP contribution in [0.5, 0.6) is 0 Å². The molecule has 5 nitrogen and oxygen atoms in total. The van der Waals surface area contributed by atoms with Crippen LogP contribution < -0.4 is 10.6 Å². The van der Waals surface area contributed by atoms with Gasteiger partial charge in [0.1, 0.15) is 0 Å². The van der Waals surface area contributed by atoms with E-state index in [1.54, 1.807) is 17.5 Å². The third kappa shape index (κ3) is 4.91. The topological polar surface area (TPSA) is 78.4 Å². The van der Waals surface area contributed by atoms with E-state index in [0.29, 0.717) is 4.88 Å². The Balaban J connectivity index is 1.87. The molecule has 2 rings (SSSR count). The molecular formula is C17H20N2O3S. The van der Waals surface area contributed by atoms with E-state index in [0.717, 1.165) is 12.0 Å². The molecular weight excluding hydrogens is 312 g/mol. The van der Waals surface area contributed by atoms with Crippen molar-refractivity contribution in [3.05, 3.63) is 57.8 Å². The van der Waals surface area contributed by atoms with Crippen molar-refractivity contribution in [1.82, 2.24) is 10.6 Å². The van der Waals surface area contributed by atoms with Crippen molar-refractivity contribution in [3.63, 3.8) is 0 Å². The Labute approximate surface area is 139 Å². The van der Waals surface area contributed by atoms with Gasteiger partial charge in [0.25, 0.3) is 5.91 Å². The van der Waals surface area contributed by atoms with Crippen molar-refractivity contribution in [3.8, 4) is 0 Å². The van der Waals surface area contributed by atoms with Crippen LogP contribution in [0.2, 0.25) is 0 Å². The number of carbonyl (C=O) groups is 2. The molecule has 1 atom stereocenters. The molecule has 2 amide bonds. The first-order valence-corrected chi connectivity index (χ1v) is 8.32. The zero-order valence-corrected chi connectivity index (χ0v) is 13.7. The fourth-order valence-electron chi connectivity index (χ4n) is 2.12. The molecule has 0 fully saturated rings. The largest absolute Gasteiger partial charge is 0.394 e. The highest BCUT2D eigenvalue weighted by Gasteiger charge is 2.15. The number of hydrogen-bond acceptors (Lipinski definition) is 4. The Morgan fingerprint density at radius 3 is 2.52 bits per heavy atom. The number of rotatable bonds is 7. The highest BCUT2D eigenvalue weighted by molar-refractivity contribution is 7.12. The maximum Gasteiger partial charge on any atom is 0.261 e. The van der Waals surface area contributed by atoms with E-state index in [4.69, 9.17) is 0 Å². The van der Waals surface area contributed by atoms with Crippen LogP contribution in [-0.4, -0.2) is 30.1 Å². The molecule has 0 saturated heterocycles. The molecule has 0 saturated carbocycles.